The lowest BCUT2D eigenvalue weighted by atomic mass is 10.2. The van der Waals surface area contributed by atoms with Crippen molar-refractivity contribution in [3.05, 3.63) is 47.8 Å². The number of hydrogen-bond donors (Lipinski definition) is 1. The quantitative estimate of drug-likeness (QED) is 0.750. The van der Waals surface area contributed by atoms with Crippen molar-refractivity contribution in [2.45, 2.75) is 20.3 Å². The van der Waals surface area contributed by atoms with Crippen LogP contribution in [-0.2, 0) is 10.0 Å². The van der Waals surface area contributed by atoms with Crippen molar-refractivity contribution in [3.63, 3.8) is 0 Å². The lowest BCUT2D eigenvalue weighted by Gasteiger charge is -2.24. The van der Waals surface area contributed by atoms with Gasteiger partial charge in [0.25, 0.3) is 0 Å². The molecule has 0 aliphatic heterocycles. The minimum Gasteiger partial charge on any atom is -0.280 e. The number of fused-ring (bicyclic) bond motifs is 1. The molecule has 0 aliphatic rings. The topological polar surface area (TPSA) is 79.0 Å². The van der Waals surface area contributed by atoms with Gasteiger partial charge < -0.3 is 0 Å². The van der Waals surface area contributed by atoms with E-state index in [4.69, 9.17) is 0 Å². The SMILES string of the molecule is CCCS(=O)(=O)N(c1cnc2n[nH]c(C)c2c1)c1ccc(F)cc1F. The van der Waals surface area contributed by atoms with E-state index < -0.39 is 21.7 Å². The number of hydrogen-bond acceptors (Lipinski definition) is 4. The van der Waals surface area contributed by atoms with E-state index in [9.17, 15) is 17.2 Å². The Morgan fingerprint density at radius 2 is 2.00 bits per heavy atom. The van der Waals surface area contributed by atoms with Crippen LogP contribution >= 0.6 is 0 Å². The second kappa shape index (κ2) is 6.40. The molecule has 6 nitrogen and oxygen atoms in total. The monoisotopic (exact) mass is 366 g/mol. The Balaban J connectivity index is 2.24. The Hall–Kier alpha value is -2.55. The van der Waals surface area contributed by atoms with Crippen LogP contribution < -0.4 is 4.31 Å². The van der Waals surface area contributed by atoms with Crippen LogP contribution in [0.4, 0.5) is 20.2 Å². The molecule has 0 spiro atoms. The van der Waals surface area contributed by atoms with Crippen molar-refractivity contribution in [2.75, 3.05) is 10.1 Å². The Kier molecular flexibility index (Phi) is 4.42. The number of halogens is 2. The van der Waals surface area contributed by atoms with E-state index in [2.05, 4.69) is 15.2 Å². The number of rotatable bonds is 5. The van der Waals surface area contributed by atoms with Gasteiger partial charge in [-0.2, -0.15) is 5.10 Å². The first kappa shape index (κ1) is 17.3. The van der Waals surface area contributed by atoms with Crippen molar-refractivity contribution in [3.8, 4) is 0 Å². The van der Waals surface area contributed by atoms with Crippen LogP contribution in [0, 0.1) is 18.6 Å². The first-order valence-corrected chi connectivity index (χ1v) is 9.23. The van der Waals surface area contributed by atoms with Gasteiger partial charge in [0.15, 0.2) is 11.5 Å². The highest BCUT2D eigenvalue weighted by Crippen LogP contribution is 2.33. The number of sulfonamides is 1. The normalized spacial score (nSPS) is 11.8. The van der Waals surface area contributed by atoms with Gasteiger partial charge in [-0.3, -0.25) is 5.10 Å². The maximum atomic E-state index is 14.3. The molecule has 3 rings (SSSR count). The van der Waals surface area contributed by atoms with E-state index in [1.165, 1.54) is 6.20 Å². The predicted octanol–water partition coefficient (Wildman–Crippen LogP) is 3.42. The highest BCUT2D eigenvalue weighted by Gasteiger charge is 2.27. The van der Waals surface area contributed by atoms with E-state index in [-0.39, 0.29) is 17.1 Å². The Morgan fingerprint density at radius 3 is 2.68 bits per heavy atom. The van der Waals surface area contributed by atoms with E-state index in [0.29, 0.717) is 29.2 Å². The number of aromatic amines is 1. The molecule has 0 saturated heterocycles. The van der Waals surface area contributed by atoms with Crippen LogP contribution in [0.15, 0.2) is 30.5 Å². The number of nitrogens with one attached hydrogen (secondary N) is 1. The smallest absolute Gasteiger partial charge is 0.239 e. The number of benzene rings is 1. The summed E-state index contributed by atoms with van der Waals surface area (Å²) in [5, 5.41) is 7.37. The number of H-pyrrole nitrogens is 1. The molecule has 2 heterocycles. The fourth-order valence-electron chi connectivity index (χ4n) is 2.56. The summed E-state index contributed by atoms with van der Waals surface area (Å²) in [6.07, 6.45) is 1.65. The van der Waals surface area contributed by atoms with Gasteiger partial charge in [-0.25, -0.2) is 26.5 Å². The van der Waals surface area contributed by atoms with E-state index in [1.807, 2.05) is 0 Å². The van der Waals surface area contributed by atoms with Crippen molar-refractivity contribution in [2.24, 2.45) is 0 Å². The number of nitrogens with zero attached hydrogens (tertiary/aromatic N) is 3. The van der Waals surface area contributed by atoms with Gasteiger partial charge in [-0.1, -0.05) is 6.92 Å². The zero-order chi connectivity index (χ0) is 18.2. The predicted molar refractivity (Wildman–Crippen MR) is 91.2 cm³/mol. The molecule has 0 bridgehead atoms. The Morgan fingerprint density at radius 1 is 1.24 bits per heavy atom. The van der Waals surface area contributed by atoms with Crippen molar-refractivity contribution >= 4 is 32.4 Å². The third kappa shape index (κ3) is 3.19. The number of aryl methyl sites for hydroxylation is 1. The fourth-order valence-corrected chi connectivity index (χ4v) is 4.13. The van der Waals surface area contributed by atoms with E-state index in [0.717, 1.165) is 16.4 Å². The van der Waals surface area contributed by atoms with Crippen LogP contribution in [-0.4, -0.2) is 29.4 Å². The maximum absolute atomic E-state index is 14.3. The van der Waals surface area contributed by atoms with Gasteiger partial charge in [-0.15, -0.1) is 0 Å². The standard InChI is InChI=1S/C16H16F2N4O2S/c1-3-6-25(23,24)22(15-5-4-11(17)7-14(15)18)12-8-13-10(2)20-21-16(13)19-9-12/h4-5,7-9H,3,6H2,1-2H3,(H,19,20,21). The summed E-state index contributed by atoms with van der Waals surface area (Å²) in [4.78, 5) is 4.12. The van der Waals surface area contributed by atoms with Gasteiger partial charge in [0.2, 0.25) is 10.0 Å². The molecule has 0 fully saturated rings. The summed E-state index contributed by atoms with van der Waals surface area (Å²) >= 11 is 0. The molecule has 2 aromatic heterocycles. The van der Waals surface area contributed by atoms with Gasteiger partial charge >= 0.3 is 0 Å². The number of anilines is 2. The van der Waals surface area contributed by atoms with Crippen molar-refractivity contribution in [1.29, 1.82) is 0 Å². The third-order valence-electron chi connectivity index (χ3n) is 3.69. The lowest BCUT2D eigenvalue weighted by molar-refractivity contribution is 0.578. The molecule has 0 amide bonds. The van der Waals surface area contributed by atoms with Crippen LogP contribution in [0.1, 0.15) is 19.0 Å². The summed E-state index contributed by atoms with van der Waals surface area (Å²) in [5.74, 6) is -1.94. The minimum atomic E-state index is -3.88. The molecule has 0 unspecified atom stereocenters. The lowest BCUT2D eigenvalue weighted by Crippen LogP contribution is -2.29. The number of aromatic nitrogens is 3. The Labute approximate surface area is 143 Å². The molecule has 0 radical (unpaired) electrons. The van der Waals surface area contributed by atoms with Crippen LogP contribution in [0.5, 0.6) is 0 Å². The highest BCUT2D eigenvalue weighted by atomic mass is 32.2. The average molecular weight is 366 g/mol. The number of pyridine rings is 1. The zero-order valence-corrected chi connectivity index (χ0v) is 14.4. The van der Waals surface area contributed by atoms with Gasteiger partial charge in [0, 0.05) is 17.1 Å². The average Bonchev–Trinajstić information content (AvgIpc) is 2.91. The fraction of sp³-hybridized carbons (Fsp3) is 0.250. The van der Waals surface area contributed by atoms with Crippen molar-refractivity contribution in [1.82, 2.24) is 15.2 Å². The summed E-state index contributed by atoms with van der Waals surface area (Å²) in [7, 11) is -3.88. The first-order chi connectivity index (χ1) is 11.8. The van der Waals surface area contributed by atoms with Crippen LogP contribution in [0.2, 0.25) is 0 Å². The van der Waals surface area contributed by atoms with Gasteiger partial charge in [0.05, 0.1) is 23.3 Å². The summed E-state index contributed by atoms with van der Waals surface area (Å²) in [6, 6.07) is 4.34. The van der Waals surface area contributed by atoms with Crippen LogP contribution in [0.25, 0.3) is 11.0 Å². The first-order valence-electron chi connectivity index (χ1n) is 7.62. The maximum Gasteiger partial charge on any atom is 0.239 e. The highest BCUT2D eigenvalue weighted by molar-refractivity contribution is 7.93. The molecule has 25 heavy (non-hydrogen) atoms. The third-order valence-corrected chi connectivity index (χ3v) is 5.58. The molecular weight excluding hydrogens is 350 g/mol. The second-order valence-electron chi connectivity index (χ2n) is 5.59. The Bertz CT molecular complexity index is 1030. The molecule has 9 heteroatoms. The molecule has 0 atom stereocenters. The molecule has 3 aromatic rings. The molecule has 1 aromatic carbocycles. The molecule has 132 valence electrons. The van der Waals surface area contributed by atoms with Gasteiger partial charge in [0.1, 0.15) is 5.82 Å². The van der Waals surface area contributed by atoms with Crippen LogP contribution in [0.3, 0.4) is 0 Å². The molecule has 1 N–H and O–H groups in total. The summed E-state index contributed by atoms with van der Waals surface area (Å²) in [6.45, 7) is 3.47. The van der Waals surface area contributed by atoms with Gasteiger partial charge in [-0.05, 0) is 31.5 Å². The second-order valence-corrected chi connectivity index (χ2v) is 7.53. The van der Waals surface area contributed by atoms with E-state index in [1.54, 1.807) is 19.9 Å². The molecule has 0 aliphatic carbocycles. The van der Waals surface area contributed by atoms with E-state index >= 15 is 0 Å². The molecule has 0 saturated carbocycles. The zero-order valence-electron chi connectivity index (χ0n) is 13.6. The summed E-state index contributed by atoms with van der Waals surface area (Å²) < 4.78 is 53.9. The largest absolute Gasteiger partial charge is 0.280 e. The molecular formula is C16H16F2N4O2S. The minimum absolute atomic E-state index is 0.163. The summed E-state index contributed by atoms with van der Waals surface area (Å²) in [5.41, 5.74) is 1.04. The van der Waals surface area contributed by atoms with Crippen molar-refractivity contribution < 1.29 is 17.2 Å².